The third-order valence-electron chi connectivity index (χ3n) is 3.99. The molecule has 0 fully saturated rings. The molecule has 0 spiro atoms. The molecule has 0 aliphatic rings. The quantitative estimate of drug-likeness (QED) is 0.181. The van der Waals surface area contributed by atoms with E-state index in [1.807, 2.05) is 13.0 Å². The van der Waals surface area contributed by atoms with Crippen molar-refractivity contribution < 1.29 is 23.2 Å². The summed E-state index contributed by atoms with van der Waals surface area (Å²) in [5.74, 6) is 0. The summed E-state index contributed by atoms with van der Waals surface area (Å²) in [5, 5.41) is 0. The van der Waals surface area contributed by atoms with Gasteiger partial charge in [0.1, 0.15) is 0 Å². The van der Waals surface area contributed by atoms with Gasteiger partial charge in [-0.1, -0.05) is 11.6 Å². The summed E-state index contributed by atoms with van der Waals surface area (Å²) in [7, 11) is -7.32. The molecule has 0 amide bonds. The van der Waals surface area contributed by atoms with Gasteiger partial charge in [-0.2, -0.15) is 0 Å². The summed E-state index contributed by atoms with van der Waals surface area (Å²) >= 11 is 0. The van der Waals surface area contributed by atoms with E-state index in [4.69, 9.17) is 18.6 Å². The fourth-order valence-electron chi connectivity index (χ4n) is 2.46. The minimum atomic E-state index is -4.50. The molecule has 0 radical (unpaired) electrons. The monoisotopic (exact) mass is 434 g/mol. The van der Waals surface area contributed by atoms with E-state index in [1.54, 1.807) is 13.3 Å². The molecule has 0 heterocycles. The average Bonchev–Trinajstić information content (AvgIpc) is 2.51. The van der Waals surface area contributed by atoms with Gasteiger partial charge in [0.25, 0.3) is 0 Å². The summed E-state index contributed by atoms with van der Waals surface area (Å²) in [6.07, 6.45) is 17.4. The Labute approximate surface area is 172 Å². The molecule has 0 unspecified atom stereocenters. The maximum atomic E-state index is 10.9. The van der Waals surface area contributed by atoms with Gasteiger partial charge in [-0.05, 0) is 26.7 Å². The van der Waals surface area contributed by atoms with E-state index in [0.29, 0.717) is 6.61 Å². The molecule has 0 atom stereocenters. The Bertz CT molecular complexity index is 608. The summed E-state index contributed by atoms with van der Waals surface area (Å²) in [4.78, 5) is 17.8. The molecule has 0 bridgehead atoms. The first kappa shape index (κ1) is 27.5. The van der Waals surface area contributed by atoms with Crippen molar-refractivity contribution in [2.75, 3.05) is 19.9 Å². The van der Waals surface area contributed by atoms with Crippen LogP contribution < -0.4 is 0 Å². The second kappa shape index (κ2) is 14.4. The molecule has 7 heteroatoms. The van der Waals surface area contributed by atoms with Crippen LogP contribution >= 0.6 is 15.5 Å². The first-order chi connectivity index (χ1) is 12.9. The number of allylic oxidation sites excluding steroid dienone is 7. The van der Waals surface area contributed by atoms with E-state index in [1.165, 1.54) is 16.7 Å². The molecule has 0 aromatic heterocycles. The van der Waals surface area contributed by atoms with Gasteiger partial charge in [0.2, 0.25) is 0 Å². The van der Waals surface area contributed by atoms with Crippen molar-refractivity contribution in [3.05, 3.63) is 47.1 Å². The van der Waals surface area contributed by atoms with Crippen LogP contribution in [0.5, 0.6) is 0 Å². The van der Waals surface area contributed by atoms with Crippen molar-refractivity contribution in [3.63, 3.8) is 0 Å². The molecule has 28 heavy (non-hydrogen) atoms. The van der Waals surface area contributed by atoms with Crippen molar-refractivity contribution in [2.24, 2.45) is 0 Å². The van der Waals surface area contributed by atoms with Gasteiger partial charge >= 0.3 is 134 Å². The van der Waals surface area contributed by atoms with Crippen LogP contribution in [0.3, 0.4) is 0 Å². The zero-order valence-corrected chi connectivity index (χ0v) is 20.3. The first-order valence-electron chi connectivity index (χ1n) is 9.91. The zero-order chi connectivity index (χ0) is 21.6. The van der Waals surface area contributed by atoms with Crippen molar-refractivity contribution in [3.8, 4) is 0 Å². The normalized spacial score (nSPS) is 14.6. The van der Waals surface area contributed by atoms with Crippen LogP contribution in [-0.2, 0) is 13.4 Å². The van der Waals surface area contributed by atoms with Crippen molar-refractivity contribution >= 4 is 15.5 Å². The van der Waals surface area contributed by atoms with Crippen molar-refractivity contribution in [1.29, 1.82) is 0 Å². The Morgan fingerprint density at radius 1 is 0.857 bits per heavy atom. The molecular weight excluding hydrogens is 394 g/mol. The van der Waals surface area contributed by atoms with Crippen LogP contribution in [0.25, 0.3) is 0 Å². The molecular formula is C21H40O5P2. The van der Waals surface area contributed by atoms with Crippen LogP contribution in [0.4, 0.5) is 0 Å². The molecule has 0 aromatic carbocycles. The third kappa shape index (κ3) is 18.8. The number of hydrogen-bond donors (Lipinski definition) is 2. The Morgan fingerprint density at radius 3 is 2.04 bits per heavy atom. The van der Waals surface area contributed by atoms with Gasteiger partial charge in [-0.3, -0.25) is 0 Å². The molecule has 0 saturated heterocycles. The second-order valence-corrected chi connectivity index (χ2v) is 12.6. The van der Waals surface area contributed by atoms with Crippen molar-refractivity contribution in [2.45, 2.75) is 66.2 Å². The Morgan fingerprint density at radius 2 is 1.43 bits per heavy atom. The Kier molecular flexibility index (Phi) is 14.2. The van der Waals surface area contributed by atoms with Crippen LogP contribution in [-0.4, -0.2) is 29.7 Å². The molecule has 0 aliphatic heterocycles. The topological polar surface area (TPSA) is 76.0 Å². The predicted octanol–water partition coefficient (Wildman–Crippen LogP) is 6.71. The zero-order valence-electron chi connectivity index (χ0n) is 18.4. The SMILES string of the molecule is CC(C)=CCC/C=C/CC/C(C)=C/CC/C(C)=C/CO[PH](C)(C)OP(=O)(O)O. The summed E-state index contributed by atoms with van der Waals surface area (Å²) in [6, 6.07) is 0. The van der Waals surface area contributed by atoms with Gasteiger partial charge in [0.05, 0.1) is 0 Å². The second-order valence-electron chi connectivity index (χ2n) is 7.80. The average molecular weight is 434 g/mol. The third-order valence-corrected chi connectivity index (χ3v) is 7.56. The summed E-state index contributed by atoms with van der Waals surface area (Å²) in [6.45, 7) is 12.0. The van der Waals surface area contributed by atoms with Gasteiger partial charge in [-0.15, -0.1) is 0 Å². The maximum absolute atomic E-state index is 10.9. The Hall–Kier alpha value is -0.540. The van der Waals surface area contributed by atoms with Gasteiger partial charge in [0, 0.05) is 0 Å². The predicted molar refractivity (Wildman–Crippen MR) is 123 cm³/mol. The molecule has 5 nitrogen and oxygen atoms in total. The number of phosphoric acid groups is 1. The van der Waals surface area contributed by atoms with E-state index in [2.05, 4.69) is 45.1 Å². The van der Waals surface area contributed by atoms with E-state index in [-0.39, 0.29) is 0 Å². The van der Waals surface area contributed by atoms with Gasteiger partial charge < -0.3 is 0 Å². The first-order valence-corrected chi connectivity index (χ1v) is 14.3. The summed E-state index contributed by atoms with van der Waals surface area (Å²) in [5.41, 5.74) is 3.98. The molecule has 0 aliphatic carbocycles. The standard InChI is InChI=1S/C21H40O5P2/c1-19(2)13-10-8-7-9-11-14-20(3)15-12-16-21(4)17-18-25-27(5,6)26-28(22,23)24/h7,9,13,15,17,27H,8,10-12,14,16,18H2,1-6H3,(H2,22,23,24)/b9-7+,20-15+,21-17+. The number of hydrogen-bond acceptors (Lipinski definition) is 3. The van der Waals surface area contributed by atoms with Gasteiger partial charge in [0.15, 0.2) is 0 Å². The van der Waals surface area contributed by atoms with E-state index >= 15 is 0 Å². The molecule has 0 aromatic rings. The van der Waals surface area contributed by atoms with Crippen LogP contribution in [0, 0.1) is 0 Å². The van der Waals surface area contributed by atoms with Crippen molar-refractivity contribution in [1.82, 2.24) is 0 Å². The molecule has 164 valence electrons. The number of rotatable bonds is 14. The Balaban J connectivity index is 4.05. The van der Waals surface area contributed by atoms with E-state index in [0.717, 1.165) is 38.5 Å². The molecule has 0 rings (SSSR count). The summed E-state index contributed by atoms with van der Waals surface area (Å²) < 4.78 is 21.2. The molecule has 2 N–H and O–H groups in total. The molecule has 0 saturated carbocycles. The minimum absolute atomic E-state index is 0.311. The fraction of sp³-hybridized carbons (Fsp3) is 0.619. The van der Waals surface area contributed by atoms with Gasteiger partial charge in [-0.25, -0.2) is 0 Å². The van der Waals surface area contributed by atoms with Crippen LogP contribution in [0.1, 0.15) is 66.2 Å². The van der Waals surface area contributed by atoms with E-state index in [9.17, 15) is 4.57 Å². The van der Waals surface area contributed by atoms with Crippen LogP contribution in [0.2, 0.25) is 0 Å². The fourth-order valence-corrected chi connectivity index (χ4v) is 5.45. The van der Waals surface area contributed by atoms with E-state index < -0.39 is 15.5 Å². The van der Waals surface area contributed by atoms with Crippen LogP contribution in [0.15, 0.2) is 47.1 Å². The number of unbranched alkanes of at least 4 members (excludes halogenated alkanes) is 1.